The lowest BCUT2D eigenvalue weighted by Gasteiger charge is -2.15. The maximum absolute atomic E-state index is 10.6. The van der Waals surface area contributed by atoms with Crippen LogP contribution in [0, 0.1) is 10.1 Å². The van der Waals surface area contributed by atoms with Gasteiger partial charge in [-0.3, -0.25) is 0 Å². The zero-order valence-corrected chi connectivity index (χ0v) is 9.43. The predicted octanol–water partition coefficient (Wildman–Crippen LogP) is 1.30. The van der Waals surface area contributed by atoms with Crippen LogP contribution in [0.3, 0.4) is 0 Å². The fourth-order valence-electron chi connectivity index (χ4n) is 2.48. The Labute approximate surface area is 103 Å². The van der Waals surface area contributed by atoms with Gasteiger partial charge in [-0.15, -0.1) is 0 Å². The van der Waals surface area contributed by atoms with Crippen LogP contribution in [-0.4, -0.2) is 25.7 Å². The zero-order chi connectivity index (χ0) is 12.7. The molecule has 0 saturated heterocycles. The predicted molar refractivity (Wildman–Crippen MR) is 63.2 cm³/mol. The number of aliphatic hydroxyl groups excluding tert-OH is 1. The molecule has 1 N–H and O–H groups in total. The van der Waals surface area contributed by atoms with Crippen molar-refractivity contribution in [3.8, 4) is 0 Å². The lowest BCUT2D eigenvalue weighted by atomic mass is 10.1. The molecule has 0 saturated carbocycles. The molecule has 1 aromatic carbocycles. The molecule has 0 bridgehead atoms. The Kier molecular flexibility index (Phi) is 2.38. The second-order valence-corrected chi connectivity index (χ2v) is 4.35. The number of aliphatic hydroxyl groups is 1. The Balaban J connectivity index is 2.03. The summed E-state index contributed by atoms with van der Waals surface area (Å²) < 4.78 is 1.61. The molecule has 1 aliphatic rings. The number of aromatic nitrogens is 2. The largest absolute Gasteiger partial charge is 0.390 e. The van der Waals surface area contributed by atoms with E-state index in [4.69, 9.17) is 0 Å². The van der Waals surface area contributed by atoms with Gasteiger partial charge in [-0.05, 0) is 21.0 Å². The maximum Gasteiger partial charge on any atom is 0.381 e. The van der Waals surface area contributed by atoms with E-state index in [1.54, 1.807) is 4.57 Å². The molecule has 0 radical (unpaired) electrons. The van der Waals surface area contributed by atoms with E-state index in [1.165, 1.54) is 12.5 Å². The normalized spacial score (nSPS) is 21.8. The van der Waals surface area contributed by atoms with Crippen LogP contribution in [0.5, 0.6) is 0 Å². The number of hydrogen-bond acceptors (Lipinski definition) is 4. The van der Waals surface area contributed by atoms with Crippen LogP contribution in [0.1, 0.15) is 17.2 Å². The second kappa shape index (κ2) is 3.92. The fraction of sp³-hybridized carbons (Fsp3) is 0.250. The van der Waals surface area contributed by atoms with Crippen LogP contribution in [0.2, 0.25) is 0 Å². The van der Waals surface area contributed by atoms with Crippen LogP contribution in [-0.2, 0) is 6.42 Å². The summed E-state index contributed by atoms with van der Waals surface area (Å²) in [6.45, 7) is 0. The first-order valence-electron chi connectivity index (χ1n) is 5.60. The number of benzene rings is 1. The van der Waals surface area contributed by atoms with Crippen molar-refractivity contribution in [3.63, 3.8) is 0 Å². The number of nitro groups is 1. The van der Waals surface area contributed by atoms with Gasteiger partial charge < -0.3 is 19.8 Å². The van der Waals surface area contributed by atoms with E-state index in [9.17, 15) is 15.2 Å². The molecule has 2 aromatic rings. The molecule has 1 aromatic heterocycles. The van der Waals surface area contributed by atoms with Gasteiger partial charge in [-0.2, -0.15) is 0 Å². The summed E-state index contributed by atoms with van der Waals surface area (Å²) >= 11 is 0. The summed E-state index contributed by atoms with van der Waals surface area (Å²) in [7, 11) is 0. The fourth-order valence-corrected chi connectivity index (χ4v) is 2.48. The molecule has 92 valence electrons. The molecular formula is C12H11N3O3. The van der Waals surface area contributed by atoms with Crippen LogP contribution in [0.25, 0.3) is 0 Å². The molecule has 1 aliphatic carbocycles. The number of nitrogens with zero attached hydrogens (tertiary/aromatic N) is 3. The highest BCUT2D eigenvalue weighted by Crippen LogP contribution is 2.34. The minimum Gasteiger partial charge on any atom is -0.390 e. The first-order chi connectivity index (χ1) is 8.66. The van der Waals surface area contributed by atoms with Crippen LogP contribution >= 0.6 is 0 Å². The summed E-state index contributed by atoms with van der Waals surface area (Å²) in [4.78, 5) is 13.8. The maximum atomic E-state index is 10.6. The lowest BCUT2D eigenvalue weighted by molar-refractivity contribution is -0.389. The van der Waals surface area contributed by atoms with Gasteiger partial charge in [-0.1, -0.05) is 24.3 Å². The Morgan fingerprint density at radius 1 is 1.44 bits per heavy atom. The van der Waals surface area contributed by atoms with Gasteiger partial charge in [0.05, 0.1) is 12.1 Å². The molecule has 1 heterocycles. The molecule has 0 fully saturated rings. The van der Waals surface area contributed by atoms with E-state index in [0.717, 1.165) is 11.1 Å². The standard InChI is InChI=1S/C12H11N3O3/c16-10-5-8-3-1-2-4-9(8)12(10)14-6-11(13-7-14)15(17)18/h1-4,6-7,10,12,16H,5H2/t10-,12?/m1/s1. The van der Waals surface area contributed by atoms with Crippen molar-refractivity contribution in [3.05, 3.63) is 58.0 Å². The Morgan fingerprint density at radius 2 is 2.22 bits per heavy atom. The molecule has 3 rings (SSSR count). The van der Waals surface area contributed by atoms with Crippen molar-refractivity contribution in [2.24, 2.45) is 0 Å². The third kappa shape index (κ3) is 1.58. The van der Waals surface area contributed by atoms with Gasteiger partial charge in [0, 0.05) is 6.42 Å². The first-order valence-corrected chi connectivity index (χ1v) is 5.60. The number of imidazole rings is 1. The molecule has 6 nitrogen and oxygen atoms in total. The summed E-state index contributed by atoms with van der Waals surface area (Å²) in [5.74, 6) is -0.202. The lowest BCUT2D eigenvalue weighted by Crippen LogP contribution is -2.19. The molecule has 2 atom stereocenters. The summed E-state index contributed by atoms with van der Waals surface area (Å²) in [6, 6.07) is 7.42. The van der Waals surface area contributed by atoms with Crippen LogP contribution in [0.4, 0.5) is 5.82 Å². The van der Waals surface area contributed by atoms with Crippen molar-refractivity contribution < 1.29 is 10.0 Å². The van der Waals surface area contributed by atoms with Gasteiger partial charge in [0.25, 0.3) is 0 Å². The topological polar surface area (TPSA) is 81.2 Å². The third-order valence-electron chi connectivity index (χ3n) is 3.26. The average Bonchev–Trinajstić information content (AvgIpc) is 2.91. The highest BCUT2D eigenvalue weighted by atomic mass is 16.6. The van der Waals surface area contributed by atoms with E-state index in [2.05, 4.69) is 4.98 Å². The van der Waals surface area contributed by atoms with E-state index >= 15 is 0 Å². The van der Waals surface area contributed by atoms with Crippen LogP contribution in [0.15, 0.2) is 36.8 Å². The van der Waals surface area contributed by atoms with Crippen molar-refractivity contribution in [2.45, 2.75) is 18.6 Å². The molecule has 0 spiro atoms. The van der Waals surface area contributed by atoms with Gasteiger partial charge in [-0.25, -0.2) is 0 Å². The molecule has 18 heavy (non-hydrogen) atoms. The minimum atomic E-state index is -0.573. The van der Waals surface area contributed by atoms with Gasteiger partial charge in [0.1, 0.15) is 6.20 Å². The highest BCUT2D eigenvalue weighted by molar-refractivity contribution is 5.37. The Morgan fingerprint density at radius 3 is 2.94 bits per heavy atom. The van der Waals surface area contributed by atoms with E-state index in [1.807, 2.05) is 24.3 Å². The number of rotatable bonds is 2. The summed E-state index contributed by atoms with van der Waals surface area (Å²) in [6.07, 6.45) is 2.74. The number of fused-ring (bicyclic) bond motifs is 1. The summed E-state index contributed by atoms with van der Waals surface area (Å²) in [5.41, 5.74) is 2.07. The molecule has 0 aliphatic heterocycles. The molecule has 6 heteroatoms. The summed E-state index contributed by atoms with van der Waals surface area (Å²) in [5, 5.41) is 20.7. The average molecular weight is 245 g/mol. The van der Waals surface area contributed by atoms with E-state index in [0.29, 0.717) is 6.42 Å². The zero-order valence-electron chi connectivity index (χ0n) is 9.43. The molecule has 1 unspecified atom stereocenters. The smallest absolute Gasteiger partial charge is 0.381 e. The SMILES string of the molecule is O=[N+]([O-])c1cn(C2c3ccccc3C[C@H]2O)cn1. The second-order valence-electron chi connectivity index (χ2n) is 4.35. The van der Waals surface area contributed by atoms with Crippen LogP contribution < -0.4 is 0 Å². The third-order valence-corrected chi connectivity index (χ3v) is 3.26. The van der Waals surface area contributed by atoms with E-state index in [-0.39, 0.29) is 11.9 Å². The van der Waals surface area contributed by atoms with E-state index < -0.39 is 11.0 Å². The van der Waals surface area contributed by atoms with Gasteiger partial charge >= 0.3 is 5.82 Å². The van der Waals surface area contributed by atoms with Crippen molar-refractivity contribution in [2.75, 3.05) is 0 Å². The first kappa shape index (κ1) is 10.9. The molecule has 0 amide bonds. The van der Waals surface area contributed by atoms with Crippen molar-refractivity contribution in [1.82, 2.24) is 9.55 Å². The monoisotopic (exact) mass is 245 g/mol. The number of hydrogen-bond donors (Lipinski definition) is 1. The Bertz CT molecular complexity index is 608. The minimum absolute atomic E-state index is 0.202. The Hall–Kier alpha value is -2.21. The van der Waals surface area contributed by atoms with Gasteiger partial charge in [0.2, 0.25) is 6.33 Å². The molecular weight excluding hydrogens is 234 g/mol. The van der Waals surface area contributed by atoms with Crippen molar-refractivity contribution >= 4 is 5.82 Å². The quantitative estimate of drug-likeness (QED) is 0.638. The highest BCUT2D eigenvalue weighted by Gasteiger charge is 2.33. The van der Waals surface area contributed by atoms with Crippen molar-refractivity contribution in [1.29, 1.82) is 0 Å². The van der Waals surface area contributed by atoms with Gasteiger partial charge in [0.15, 0.2) is 0 Å².